The van der Waals surface area contributed by atoms with E-state index < -0.39 is 23.7 Å². The monoisotopic (exact) mass is 336 g/mol. The molecule has 120 valence electrons. The molecule has 8 heteroatoms. The Kier molecular flexibility index (Phi) is 4.24. The standard InChI is InChI=1S/C15H14F2N4OS/c1-9(10-2-3-12(16)13(17)6-10)19-14(22)18-7-11-8-21-4-5-23-15(21)20-11/h2-6,8-9H,7H2,1H3,(H2,18,19,22). The number of urea groups is 1. The van der Waals surface area contributed by atoms with Crippen molar-refractivity contribution in [2.75, 3.05) is 0 Å². The van der Waals surface area contributed by atoms with Crippen LogP contribution in [0.5, 0.6) is 0 Å². The number of rotatable bonds is 4. The molecule has 0 bridgehead atoms. The number of carbonyl (C=O) groups excluding carboxylic acids is 1. The van der Waals surface area contributed by atoms with Gasteiger partial charge in [0.25, 0.3) is 0 Å². The van der Waals surface area contributed by atoms with Crippen LogP contribution in [0.4, 0.5) is 13.6 Å². The average Bonchev–Trinajstić information content (AvgIpc) is 3.09. The lowest BCUT2D eigenvalue weighted by atomic mass is 10.1. The number of nitrogens with one attached hydrogen (secondary N) is 2. The van der Waals surface area contributed by atoms with Gasteiger partial charge in [-0.1, -0.05) is 6.07 Å². The highest BCUT2D eigenvalue weighted by molar-refractivity contribution is 7.15. The first kappa shape index (κ1) is 15.4. The van der Waals surface area contributed by atoms with Gasteiger partial charge in [-0.15, -0.1) is 11.3 Å². The summed E-state index contributed by atoms with van der Waals surface area (Å²) in [6.45, 7) is 1.98. The smallest absolute Gasteiger partial charge is 0.315 e. The summed E-state index contributed by atoms with van der Waals surface area (Å²) < 4.78 is 28.0. The van der Waals surface area contributed by atoms with Gasteiger partial charge >= 0.3 is 6.03 Å². The molecule has 0 aliphatic rings. The van der Waals surface area contributed by atoms with Crippen LogP contribution in [0.1, 0.15) is 24.2 Å². The maximum absolute atomic E-state index is 13.2. The number of carbonyl (C=O) groups is 1. The summed E-state index contributed by atoms with van der Waals surface area (Å²) in [6, 6.07) is 2.70. The van der Waals surface area contributed by atoms with Crippen LogP contribution in [0.15, 0.2) is 36.0 Å². The lowest BCUT2D eigenvalue weighted by Crippen LogP contribution is -2.36. The molecule has 2 N–H and O–H groups in total. The van der Waals surface area contributed by atoms with Gasteiger partial charge in [-0.2, -0.15) is 0 Å². The summed E-state index contributed by atoms with van der Waals surface area (Å²) in [5, 5.41) is 7.28. The van der Waals surface area contributed by atoms with Crippen molar-refractivity contribution in [3.8, 4) is 0 Å². The van der Waals surface area contributed by atoms with E-state index in [1.807, 2.05) is 22.2 Å². The van der Waals surface area contributed by atoms with Crippen LogP contribution in [-0.4, -0.2) is 15.4 Å². The molecule has 0 spiro atoms. The van der Waals surface area contributed by atoms with Gasteiger partial charge in [-0.3, -0.25) is 4.40 Å². The fourth-order valence-corrected chi connectivity index (χ4v) is 2.86. The molecule has 5 nitrogen and oxygen atoms in total. The van der Waals surface area contributed by atoms with Crippen molar-refractivity contribution in [2.45, 2.75) is 19.5 Å². The van der Waals surface area contributed by atoms with Crippen molar-refractivity contribution in [1.29, 1.82) is 0 Å². The van der Waals surface area contributed by atoms with E-state index in [9.17, 15) is 13.6 Å². The zero-order valence-electron chi connectivity index (χ0n) is 12.2. The Hall–Kier alpha value is -2.48. The Labute approximate surface area is 135 Å². The van der Waals surface area contributed by atoms with Gasteiger partial charge in [0.1, 0.15) is 0 Å². The molecule has 2 amide bonds. The highest BCUT2D eigenvalue weighted by atomic mass is 32.1. The van der Waals surface area contributed by atoms with Crippen LogP contribution in [0.3, 0.4) is 0 Å². The van der Waals surface area contributed by atoms with Crippen molar-refractivity contribution >= 4 is 22.3 Å². The average molecular weight is 336 g/mol. The highest BCUT2D eigenvalue weighted by Gasteiger charge is 2.12. The molecule has 23 heavy (non-hydrogen) atoms. The van der Waals surface area contributed by atoms with Gasteiger partial charge in [0.2, 0.25) is 0 Å². The minimum Gasteiger partial charge on any atom is -0.332 e. The van der Waals surface area contributed by atoms with E-state index in [2.05, 4.69) is 15.6 Å². The molecule has 0 aliphatic heterocycles. The summed E-state index contributed by atoms with van der Waals surface area (Å²) in [6.07, 6.45) is 3.73. The Bertz CT molecular complexity index is 816. The van der Waals surface area contributed by atoms with Gasteiger partial charge in [0.05, 0.1) is 18.3 Å². The quantitative estimate of drug-likeness (QED) is 0.768. The maximum atomic E-state index is 13.2. The second-order valence-corrected chi connectivity index (χ2v) is 5.92. The minimum absolute atomic E-state index is 0.282. The van der Waals surface area contributed by atoms with Gasteiger partial charge in [0, 0.05) is 17.8 Å². The van der Waals surface area contributed by atoms with Crippen LogP contribution in [0, 0.1) is 11.6 Å². The molecule has 1 atom stereocenters. The number of thiazole rings is 1. The topological polar surface area (TPSA) is 58.4 Å². The summed E-state index contributed by atoms with van der Waals surface area (Å²) >= 11 is 1.51. The van der Waals surface area contributed by atoms with Gasteiger partial charge in [-0.05, 0) is 24.6 Å². The molecule has 1 aromatic carbocycles. The molecule has 2 heterocycles. The molecule has 0 saturated heterocycles. The zero-order valence-corrected chi connectivity index (χ0v) is 13.0. The molecule has 1 unspecified atom stereocenters. The van der Waals surface area contributed by atoms with E-state index in [4.69, 9.17) is 0 Å². The first-order chi connectivity index (χ1) is 11.0. The third kappa shape index (κ3) is 3.48. The first-order valence-electron chi connectivity index (χ1n) is 6.93. The second-order valence-electron chi connectivity index (χ2n) is 5.05. The number of aromatic nitrogens is 2. The summed E-state index contributed by atoms with van der Waals surface area (Å²) in [5.74, 6) is -1.85. The minimum atomic E-state index is -0.936. The second kappa shape index (κ2) is 6.33. The van der Waals surface area contributed by atoms with Crippen molar-refractivity contribution in [1.82, 2.24) is 20.0 Å². The molecule has 2 aromatic heterocycles. The van der Waals surface area contributed by atoms with Crippen molar-refractivity contribution in [2.24, 2.45) is 0 Å². The van der Waals surface area contributed by atoms with E-state index in [0.717, 1.165) is 22.8 Å². The molecule has 3 rings (SSSR count). The molecular weight excluding hydrogens is 322 g/mol. The van der Waals surface area contributed by atoms with Crippen molar-refractivity contribution < 1.29 is 13.6 Å². The Morgan fingerprint density at radius 1 is 1.39 bits per heavy atom. The van der Waals surface area contributed by atoms with Crippen LogP contribution < -0.4 is 10.6 Å². The van der Waals surface area contributed by atoms with E-state index in [-0.39, 0.29) is 6.54 Å². The number of imidazole rings is 1. The lowest BCUT2D eigenvalue weighted by molar-refractivity contribution is 0.237. The number of halogens is 2. The molecule has 0 fully saturated rings. The maximum Gasteiger partial charge on any atom is 0.315 e. The first-order valence-corrected chi connectivity index (χ1v) is 7.81. The summed E-state index contributed by atoms with van der Waals surface area (Å²) in [7, 11) is 0. The Morgan fingerprint density at radius 3 is 2.96 bits per heavy atom. The summed E-state index contributed by atoms with van der Waals surface area (Å²) in [4.78, 5) is 17.1. The Morgan fingerprint density at radius 2 is 2.22 bits per heavy atom. The highest BCUT2D eigenvalue weighted by Crippen LogP contribution is 2.16. The number of amides is 2. The van der Waals surface area contributed by atoms with E-state index in [1.165, 1.54) is 17.4 Å². The normalized spacial score (nSPS) is 12.3. The van der Waals surface area contributed by atoms with E-state index >= 15 is 0 Å². The fraction of sp³-hybridized carbons (Fsp3) is 0.200. The molecule has 0 saturated carbocycles. The Balaban J connectivity index is 1.55. The molecule has 0 aliphatic carbocycles. The van der Waals surface area contributed by atoms with Crippen LogP contribution in [0.25, 0.3) is 4.96 Å². The number of hydrogen-bond donors (Lipinski definition) is 2. The fourth-order valence-electron chi connectivity index (χ4n) is 2.14. The van der Waals surface area contributed by atoms with Crippen LogP contribution in [0.2, 0.25) is 0 Å². The molecule has 3 aromatic rings. The molecular formula is C15H14F2N4OS. The van der Waals surface area contributed by atoms with Crippen molar-refractivity contribution in [3.05, 3.63) is 58.9 Å². The van der Waals surface area contributed by atoms with Crippen LogP contribution in [-0.2, 0) is 6.54 Å². The van der Waals surface area contributed by atoms with Gasteiger partial charge < -0.3 is 10.6 Å². The third-order valence-corrected chi connectivity index (χ3v) is 4.14. The largest absolute Gasteiger partial charge is 0.332 e. The molecule has 0 radical (unpaired) electrons. The predicted octanol–water partition coefficient (Wildman–Crippen LogP) is 3.23. The predicted molar refractivity (Wildman–Crippen MR) is 83.2 cm³/mol. The van der Waals surface area contributed by atoms with Crippen LogP contribution >= 0.6 is 11.3 Å². The SMILES string of the molecule is CC(NC(=O)NCc1cn2ccsc2n1)c1ccc(F)c(F)c1. The van der Waals surface area contributed by atoms with E-state index in [0.29, 0.717) is 5.56 Å². The zero-order chi connectivity index (χ0) is 16.4. The number of benzene rings is 1. The number of nitrogens with zero attached hydrogens (tertiary/aromatic N) is 2. The van der Waals surface area contributed by atoms with E-state index in [1.54, 1.807) is 6.92 Å². The van der Waals surface area contributed by atoms with Crippen molar-refractivity contribution in [3.63, 3.8) is 0 Å². The summed E-state index contributed by atoms with van der Waals surface area (Å²) in [5.41, 5.74) is 1.23. The lowest BCUT2D eigenvalue weighted by Gasteiger charge is -2.15. The number of fused-ring (bicyclic) bond motifs is 1. The number of hydrogen-bond acceptors (Lipinski definition) is 3. The van der Waals surface area contributed by atoms with Gasteiger partial charge in [0.15, 0.2) is 16.6 Å². The van der Waals surface area contributed by atoms with Gasteiger partial charge in [-0.25, -0.2) is 18.6 Å². The third-order valence-electron chi connectivity index (χ3n) is 3.36.